The highest BCUT2D eigenvalue weighted by atomic mass is 35.5. The van der Waals surface area contributed by atoms with Crippen LogP contribution in [0.1, 0.15) is 38.7 Å². The average molecular weight is 283 g/mol. The van der Waals surface area contributed by atoms with Crippen LogP contribution in [0.5, 0.6) is 0 Å². The van der Waals surface area contributed by atoms with Gasteiger partial charge in [-0.05, 0) is 44.6 Å². The lowest BCUT2D eigenvalue weighted by Gasteiger charge is -2.25. The van der Waals surface area contributed by atoms with Gasteiger partial charge in [0.05, 0.1) is 0 Å². The van der Waals surface area contributed by atoms with Crippen LogP contribution in [0.2, 0.25) is 5.02 Å². The summed E-state index contributed by atoms with van der Waals surface area (Å²) in [4.78, 5) is 2.37. The number of unbranched alkanes of at least 4 members (excludes halogenated alkanes) is 2. The molecular formula is C16H27ClN2. The summed E-state index contributed by atoms with van der Waals surface area (Å²) in [5.41, 5.74) is 1.31. The van der Waals surface area contributed by atoms with Gasteiger partial charge in [0.2, 0.25) is 0 Å². The van der Waals surface area contributed by atoms with Crippen LogP contribution in [0.4, 0.5) is 0 Å². The van der Waals surface area contributed by atoms with Gasteiger partial charge in [0.25, 0.3) is 0 Å². The van der Waals surface area contributed by atoms with Crippen LogP contribution in [0.3, 0.4) is 0 Å². The number of halogens is 1. The van der Waals surface area contributed by atoms with E-state index in [1.165, 1.54) is 24.8 Å². The molecule has 0 radical (unpaired) electrons. The van der Waals surface area contributed by atoms with E-state index in [2.05, 4.69) is 43.2 Å². The van der Waals surface area contributed by atoms with Gasteiger partial charge in [-0.1, -0.05) is 43.5 Å². The minimum Gasteiger partial charge on any atom is -0.315 e. The molecule has 0 heterocycles. The average Bonchev–Trinajstić information content (AvgIpc) is 2.41. The maximum absolute atomic E-state index is 5.90. The molecule has 0 aromatic heterocycles. The van der Waals surface area contributed by atoms with Crippen LogP contribution in [-0.2, 0) is 6.54 Å². The first-order valence-electron chi connectivity index (χ1n) is 7.29. The normalized spacial score (nSPS) is 12.9. The topological polar surface area (TPSA) is 15.3 Å². The lowest BCUT2D eigenvalue weighted by atomic mass is 10.2. The van der Waals surface area contributed by atoms with Gasteiger partial charge in [-0.25, -0.2) is 0 Å². The van der Waals surface area contributed by atoms with Gasteiger partial charge in [-0.3, -0.25) is 4.90 Å². The summed E-state index contributed by atoms with van der Waals surface area (Å²) in [5.74, 6) is 0. The largest absolute Gasteiger partial charge is 0.315 e. The van der Waals surface area contributed by atoms with Crippen molar-refractivity contribution in [1.29, 1.82) is 0 Å². The number of hydrogen-bond donors (Lipinski definition) is 1. The molecule has 1 rings (SSSR count). The number of nitrogens with zero attached hydrogens (tertiary/aromatic N) is 1. The second-order valence-electron chi connectivity index (χ2n) is 5.30. The van der Waals surface area contributed by atoms with Gasteiger partial charge in [-0.15, -0.1) is 0 Å². The molecule has 0 aliphatic carbocycles. The second kappa shape index (κ2) is 9.35. The van der Waals surface area contributed by atoms with E-state index in [0.717, 1.165) is 24.7 Å². The molecule has 0 aliphatic rings. The smallest absolute Gasteiger partial charge is 0.0406 e. The van der Waals surface area contributed by atoms with E-state index in [-0.39, 0.29) is 0 Å². The lowest BCUT2D eigenvalue weighted by molar-refractivity contribution is 0.243. The molecule has 0 bridgehead atoms. The van der Waals surface area contributed by atoms with Crippen molar-refractivity contribution in [2.45, 2.75) is 45.7 Å². The molecule has 1 N–H and O–H groups in total. The molecule has 3 heteroatoms. The fraction of sp³-hybridized carbons (Fsp3) is 0.625. The first-order chi connectivity index (χ1) is 9.13. The van der Waals surface area contributed by atoms with E-state index in [4.69, 9.17) is 11.6 Å². The highest BCUT2D eigenvalue weighted by Gasteiger charge is 2.08. The molecule has 0 saturated heterocycles. The highest BCUT2D eigenvalue weighted by molar-refractivity contribution is 6.30. The first kappa shape index (κ1) is 16.5. The predicted molar refractivity (Wildman–Crippen MR) is 84.8 cm³/mol. The molecular weight excluding hydrogens is 256 g/mol. The Morgan fingerprint density at radius 3 is 2.53 bits per heavy atom. The SMILES string of the molecule is CCCCCNCC(C)N(C)Cc1ccc(Cl)cc1. The molecule has 1 aromatic rings. The van der Waals surface area contributed by atoms with Crippen LogP contribution in [-0.4, -0.2) is 31.1 Å². The van der Waals surface area contributed by atoms with Gasteiger partial charge in [0.1, 0.15) is 0 Å². The zero-order valence-electron chi connectivity index (χ0n) is 12.5. The summed E-state index contributed by atoms with van der Waals surface area (Å²) in [6.07, 6.45) is 3.89. The molecule has 0 amide bonds. The molecule has 1 aromatic carbocycles. The summed E-state index contributed by atoms with van der Waals surface area (Å²) >= 11 is 5.90. The maximum atomic E-state index is 5.90. The van der Waals surface area contributed by atoms with E-state index in [1.807, 2.05) is 12.1 Å². The van der Waals surface area contributed by atoms with Crippen molar-refractivity contribution in [3.05, 3.63) is 34.9 Å². The Hall–Kier alpha value is -0.570. The van der Waals surface area contributed by atoms with Crippen molar-refractivity contribution in [3.8, 4) is 0 Å². The Labute approximate surface area is 123 Å². The summed E-state index contributed by atoms with van der Waals surface area (Å²) in [6, 6.07) is 8.65. The molecule has 0 saturated carbocycles. The van der Waals surface area contributed by atoms with E-state index >= 15 is 0 Å². The Balaban J connectivity index is 2.24. The van der Waals surface area contributed by atoms with Gasteiger partial charge in [-0.2, -0.15) is 0 Å². The van der Waals surface area contributed by atoms with Crippen LogP contribution in [0.15, 0.2) is 24.3 Å². The van der Waals surface area contributed by atoms with Crippen molar-refractivity contribution in [2.75, 3.05) is 20.1 Å². The quantitative estimate of drug-likeness (QED) is 0.690. The summed E-state index contributed by atoms with van der Waals surface area (Å²) in [7, 11) is 2.17. The molecule has 108 valence electrons. The standard InChI is InChI=1S/C16H27ClN2/c1-4-5-6-11-18-12-14(2)19(3)13-15-7-9-16(17)10-8-15/h7-10,14,18H,4-6,11-13H2,1-3H3. The molecule has 0 aliphatic heterocycles. The molecule has 2 nitrogen and oxygen atoms in total. The Morgan fingerprint density at radius 2 is 1.89 bits per heavy atom. The number of hydrogen-bond acceptors (Lipinski definition) is 2. The Kier molecular flexibility index (Phi) is 8.11. The zero-order valence-corrected chi connectivity index (χ0v) is 13.2. The highest BCUT2D eigenvalue weighted by Crippen LogP contribution is 2.11. The van der Waals surface area contributed by atoms with E-state index < -0.39 is 0 Å². The van der Waals surface area contributed by atoms with E-state index in [0.29, 0.717) is 6.04 Å². The summed E-state index contributed by atoms with van der Waals surface area (Å²) < 4.78 is 0. The van der Waals surface area contributed by atoms with Crippen molar-refractivity contribution in [3.63, 3.8) is 0 Å². The number of benzene rings is 1. The van der Waals surface area contributed by atoms with Crippen molar-refractivity contribution in [2.24, 2.45) is 0 Å². The van der Waals surface area contributed by atoms with Crippen molar-refractivity contribution < 1.29 is 0 Å². The summed E-state index contributed by atoms with van der Waals surface area (Å²) in [5, 5.41) is 4.34. The lowest BCUT2D eigenvalue weighted by Crippen LogP contribution is -2.37. The van der Waals surface area contributed by atoms with Gasteiger partial charge in [0.15, 0.2) is 0 Å². The number of rotatable bonds is 9. The summed E-state index contributed by atoms with van der Waals surface area (Å²) in [6.45, 7) is 7.65. The predicted octanol–water partition coefficient (Wildman–Crippen LogP) is 3.94. The van der Waals surface area contributed by atoms with Crippen LogP contribution >= 0.6 is 11.6 Å². The molecule has 0 spiro atoms. The first-order valence-corrected chi connectivity index (χ1v) is 7.66. The minimum absolute atomic E-state index is 0.539. The maximum Gasteiger partial charge on any atom is 0.0406 e. The van der Waals surface area contributed by atoms with Crippen molar-refractivity contribution >= 4 is 11.6 Å². The van der Waals surface area contributed by atoms with Crippen molar-refractivity contribution in [1.82, 2.24) is 10.2 Å². The molecule has 1 atom stereocenters. The fourth-order valence-electron chi connectivity index (χ4n) is 2.00. The van der Waals surface area contributed by atoms with Crippen LogP contribution in [0, 0.1) is 0 Å². The third-order valence-electron chi connectivity index (χ3n) is 3.49. The van der Waals surface area contributed by atoms with Gasteiger partial charge in [0, 0.05) is 24.2 Å². The monoisotopic (exact) mass is 282 g/mol. The second-order valence-corrected chi connectivity index (χ2v) is 5.74. The molecule has 1 unspecified atom stereocenters. The minimum atomic E-state index is 0.539. The molecule has 0 fully saturated rings. The van der Waals surface area contributed by atoms with Crippen LogP contribution < -0.4 is 5.32 Å². The third kappa shape index (κ3) is 6.95. The van der Waals surface area contributed by atoms with Gasteiger partial charge < -0.3 is 5.32 Å². The van der Waals surface area contributed by atoms with E-state index in [1.54, 1.807) is 0 Å². The van der Waals surface area contributed by atoms with Crippen LogP contribution in [0.25, 0.3) is 0 Å². The molecule has 19 heavy (non-hydrogen) atoms. The number of likely N-dealkylation sites (N-methyl/N-ethyl adjacent to an activating group) is 1. The fourth-order valence-corrected chi connectivity index (χ4v) is 2.13. The number of nitrogens with one attached hydrogen (secondary N) is 1. The zero-order chi connectivity index (χ0) is 14.1. The Bertz CT molecular complexity index is 337. The Morgan fingerprint density at radius 1 is 1.21 bits per heavy atom. The van der Waals surface area contributed by atoms with Gasteiger partial charge >= 0.3 is 0 Å². The van der Waals surface area contributed by atoms with E-state index in [9.17, 15) is 0 Å². The third-order valence-corrected chi connectivity index (χ3v) is 3.75.